The number of methoxy groups -OCH3 is 2. The van der Waals surface area contributed by atoms with Crippen LogP contribution in [0.2, 0.25) is 0 Å². The van der Waals surface area contributed by atoms with Crippen LogP contribution in [0.15, 0.2) is 52.1 Å². The third-order valence-corrected chi connectivity index (χ3v) is 6.93. The van der Waals surface area contributed by atoms with Crippen molar-refractivity contribution in [3.8, 4) is 23.0 Å². The maximum absolute atomic E-state index is 12.7. The average molecular weight is 620 g/mol. The van der Waals surface area contributed by atoms with Gasteiger partial charge in [-0.15, -0.1) is 0 Å². The van der Waals surface area contributed by atoms with Gasteiger partial charge in [0, 0.05) is 6.07 Å². The normalized spacial score (nSPS) is 16.0. The first-order valence-corrected chi connectivity index (χ1v) is 13.1. The number of hydrazone groups is 1. The molecule has 0 aliphatic carbocycles. The summed E-state index contributed by atoms with van der Waals surface area (Å²) in [5, 5.41) is 15.7. The molecule has 0 unspecified atom stereocenters. The molecule has 2 aromatic carbocycles. The SMILES string of the molecule is CCCC1=NN2C(=N)/C(=C/c3cc(I)c(OCCOc4cccc(OC)c4)c(OC)c3)C(=O)N=C2S1. The van der Waals surface area contributed by atoms with Crippen LogP contribution in [0.3, 0.4) is 0 Å². The number of carbonyl (C=O) groups is 1. The van der Waals surface area contributed by atoms with Gasteiger partial charge >= 0.3 is 0 Å². The monoisotopic (exact) mass is 620 g/mol. The van der Waals surface area contributed by atoms with Crippen molar-refractivity contribution < 1.29 is 23.7 Å². The molecule has 2 aromatic rings. The third-order valence-electron chi connectivity index (χ3n) is 5.16. The number of rotatable bonds is 10. The molecule has 4 rings (SSSR count). The van der Waals surface area contributed by atoms with Crippen molar-refractivity contribution in [2.24, 2.45) is 10.1 Å². The number of ether oxygens (including phenoxy) is 4. The largest absolute Gasteiger partial charge is 0.497 e. The number of amides is 1. The molecule has 0 saturated carbocycles. The fourth-order valence-corrected chi connectivity index (χ4v) is 5.24. The molecular formula is C25H25IN4O5S. The van der Waals surface area contributed by atoms with Gasteiger partial charge in [-0.1, -0.05) is 13.0 Å². The number of nitrogens with zero attached hydrogens (tertiary/aromatic N) is 3. The first-order valence-electron chi connectivity index (χ1n) is 11.2. The Bertz CT molecular complexity index is 1280. The molecule has 1 amide bonds. The summed E-state index contributed by atoms with van der Waals surface area (Å²) < 4.78 is 23.2. The maximum Gasteiger partial charge on any atom is 0.283 e. The van der Waals surface area contributed by atoms with E-state index in [-0.39, 0.29) is 11.4 Å². The van der Waals surface area contributed by atoms with E-state index in [1.165, 1.54) is 16.8 Å². The Balaban J connectivity index is 1.47. The van der Waals surface area contributed by atoms with Gasteiger partial charge < -0.3 is 18.9 Å². The highest BCUT2D eigenvalue weighted by Gasteiger charge is 2.35. The Morgan fingerprint density at radius 2 is 1.89 bits per heavy atom. The minimum atomic E-state index is -0.462. The number of amidine groups is 2. The van der Waals surface area contributed by atoms with Crippen LogP contribution in [-0.4, -0.2) is 54.4 Å². The fraction of sp³-hybridized carbons (Fsp3) is 0.280. The molecule has 9 nitrogen and oxygen atoms in total. The fourth-order valence-electron chi connectivity index (χ4n) is 3.47. The second-order valence-electron chi connectivity index (χ2n) is 7.67. The quantitative estimate of drug-likeness (QED) is 0.222. The van der Waals surface area contributed by atoms with Crippen molar-refractivity contribution in [2.45, 2.75) is 19.8 Å². The van der Waals surface area contributed by atoms with E-state index in [1.54, 1.807) is 32.4 Å². The Hall–Kier alpha value is -3.06. The van der Waals surface area contributed by atoms with Gasteiger partial charge in [-0.3, -0.25) is 10.2 Å². The first kappa shape index (κ1) is 26.0. The summed E-state index contributed by atoms with van der Waals surface area (Å²) in [6, 6.07) is 11.0. The van der Waals surface area contributed by atoms with E-state index in [2.05, 4.69) is 39.6 Å². The molecule has 0 radical (unpaired) electrons. The summed E-state index contributed by atoms with van der Waals surface area (Å²) >= 11 is 3.49. The Labute approximate surface area is 227 Å². The number of thioether (sulfide) groups is 1. The van der Waals surface area contributed by atoms with Gasteiger partial charge in [-0.05, 0) is 83.1 Å². The zero-order valence-electron chi connectivity index (χ0n) is 20.0. The van der Waals surface area contributed by atoms with Gasteiger partial charge in [0.1, 0.15) is 29.8 Å². The van der Waals surface area contributed by atoms with Gasteiger partial charge in [-0.25, -0.2) is 0 Å². The van der Waals surface area contributed by atoms with Crippen LogP contribution in [0, 0.1) is 8.98 Å². The van der Waals surface area contributed by atoms with E-state index in [1.807, 2.05) is 24.3 Å². The molecule has 0 fully saturated rings. The smallest absolute Gasteiger partial charge is 0.283 e. The Morgan fingerprint density at radius 1 is 1.11 bits per heavy atom. The molecule has 2 aliphatic rings. The van der Waals surface area contributed by atoms with Gasteiger partial charge in [0.05, 0.1) is 23.4 Å². The van der Waals surface area contributed by atoms with Crippen LogP contribution >= 0.6 is 34.4 Å². The topological polar surface area (TPSA) is 106 Å². The van der Waals surface area contributed by atoms with E-state index in [9.17, 15) is 4.79 Å². The third kappa shape index (κ3) is 5.84. The van der Waals surface area contributed by atoms with Gasteiger partial charge in [0.2, 0.25) is 5.17 Å². The number of aliphatic imine (C=N–C) groups is 1. The van der Waals surface area contributed by atoms with Crippen LogP contribution in [0.5, 0.6) is 23.0 Å². The van der Waals surface area contributed by atoms with Crippen LogP contribution in [0.1, 0.15) is 25.3 Å². The number of carbonyl (C=O) groups excluding carboxylic acids is 1. The zero-order chi connectivity index (χ0) is 25.7. The lowest BCUT2D eigenvalue weighted by molar-refractivity contribution is -0.114. The van der Waals surface area contributed by atoms with E-state index in [0.717, 1.165) is 27.2 Å². The molecule has 188 valence electrons. The lowest BCUT2D eigenvalue weighted by atomic mass is 10.1. The highest BCUT2D eigenvalue weighted by Crippen LogP contribution is 2.36. The summed E-state index contributed by atoms with van der Waals surface area (Å²) in [6.07, 6.45) is 3.34. The van der Waals surface area contributed by atoms with Crippen LogP contribution in [0.4, 0.5) is 0 Å². The summed E-state index contributed by atoms with van der Waals surface area (Å²) in [6.45, 7) is 2.69. The van der Waals surface area contributed by atoms with Crippen LogP contribution in [0.25, 0.3) is 6.08 Å². The number of hydrogen-bond donors (Lipinski definition) is 1. The summed E-state index contributed by atoms with van der Waals surface area (Å²) in [5.74, 6) is 2.04. The molecule has 2 heterocycles. The molecule has 1 N–H and O–H groups in total. The lowest BCUT2D eigenvalue weighted by Crippen LogP contribution is -2.35. The van der Waals surface area contributed by atoms with E-state index >= 15 is 0 Å². The van der Waals surface area contributed by atoms with E-state index < -0.39 is 5.91 Å². The standard InChI is InChI=1S/C25H25IN4O5S/c1-4-6-21-29-30-23(27)18(24(31)28-25(30)36-21)11-15-12-19(26)22(20(13-15)33-3)35-10-9-34-17-8-5-7-16(14-17)32-2/h5,7-8,11-14,27H,4,6,9-10H2,1-3H3/b18-11-,27-23?. The number of nitrogens with one attached hydrogen (secondary N) is 1. The van der Waals surface area contributed by atoms with Gasteiger partial charge in [0.15, 0.2) is 17.3 Å². The maximum atomic E-state index is 12.7. The predicted octanol–water partition coefficient (Wildman–Crippen LogP) is 5.19. The van der Waals surface area contributed by atoms with Crippen molar-refractivity contribution >= 4 is 62.4 Å². The zero-order valence-corrected chi connectivity index (χ0v) is 23.0. The van der Waals surface area contributed by atoms with Crippen molar-refractivity contribution in [3.63, 3.8) is 0 Å². The highest BCUT2D eigenvalue weighted by molar-refractivity contribution is 14.1. The second kappa shape index (κ2) is 11.8. The molecule has 0 atom stereocenters. The summed E-state index contributed by atoms with van der Waals surface area (Å²) in [7, 11) is 3.16. The molecule has 0 spiro atoms. The molecule has 0 bridgehead atoms. The van der Waals surface area contributed by atoms with Crippen molar-refractivity contribution in [1.82, 2.24) is 5.01 Å². The Kier molecular flexibility index (Phi) is 8.52. The minimum Gasteiger partial charge on any atom is -0.497 e. The molecular weight excluding hydrogens is 595 g/mol. The average Bonchev–Trinajstić information content (AvgIpc) is 3.27. The number of hydrogen-bond acceptors (Lipinski definition) is 8. The predicted molar refractivity (Wildman–Crippen MR) is 150 cm³/mol. The molecule has 0 saturated heterocycles. The first-order chi connectivity index (χ1) is 17.4. The van der Waals surface area contributed by atoms with Crippen molar-refractivity contribution in [2.75, 3.05) is 27.4 Å². The van der Waals surface area contributed by atoms with Gasteiger partial charge in [0.25, 0.3) is 5.91 Å². The minimum absolute atomic E-state index is 0.00703. The number of halogens is 1. The number of fused-ring (bicyclic) bond motifs is 1. The molecule has 36 heavy (non-hydrogen) atoms. The molecule has 2 aliphatic heterocycles. The molecule has 11 heteroatoms. The highest BCUT2D eigenvalue weighted by atomic mass is 127. The van der Waals surface area contributed by atoms with Crippen molar-refractivity contribution in [3.05, 3.63) is 51.1 Å². The Morgan fingerprint density at radius 3 is 2.64 bits per heavy atom. The summed E-state index contributed by atoms with van der Waals surface area (Å²) in [5.41, 5.74) is 0.853. The van der Waals surface area contributed by atoms with E-state index in [4.69, 9.17) is 24.4 Å². The van der Waals surface area contributed by atoms with Crippen LogP contribution < -0.4 is 18.9 Å². The molecule has 0 aromatic heterocycles. The van der Waals surface area contributed by atoms with Crippen LogP contribution in [-0.2, 0) is 4.79 Å². The number of benzene rings is 2. The van der Waals surface area contributed by atoms with Gasteiger partial charge in [-0.2, -0.15) is 15.1 Å². The lowest BCUT2D eigenvalue weighted by Gasteiger charge is -2.20. The van der Waals surface area contributed by atoms with E-state index in [0.29, 0.717) is 41.2 Å². The van der Waals surface area contributed by atoms with Crippen molar-refractivity contribution in [1.29, 1.82) is 5.41 Å². The second-order valence-corrected chi connectivity index (χ2v) is 9.88. The summed E-state index contributed by atoms with van der Waals surface area (Å²) in [4.78, 5) is 16.8.